The first-order valence-corrected chi connectivity index (χ1v) is 3.77. The van der Waals surface area contributed by atoms with E-state index in [2.05, 4.69) is 5.32 Å². The molecule has 1 fully saturated rings. The van der Waals surface area contributed by atoms with Crippen LogP contribution < -0.4 is 11.1 Å². The van der Waals surface area contributed by atoms with Crippen LogP contribution in [-0.2, 0) is 9.53 Å². The summed E-state index contributed by atoms with van der Waals surface area (Å²) in [6, 6.07) is 0.424. The standard InChI is InChI=1S/C7H14N2O2/c1-11-6-2-5(3-6)9-4-7(8)10/h5-6,9H,2-4H2,1H3,(H2,8,10). The molecule has 4 nitrogen and oxygen atoms in total. The van der Waals surface area contributed by atoms with Crippen LogP contribution in [0, 0.1) is 0 Å². The van der Waals surface area contributed by atoms with Crippen LogP contribution in [-0.4, -0.2) is 31.7 Å². The molecule has 11 heavy (non-hydrogen) atoms. The Morgan fingerprint density at radius 1 is 1.73 bits per heavy atom. The third-order valence-corrected chi connectivity index (χ3v) is 1.99. The van der Waals surface area contributed by atoms with Crippen molar-refractivity contribution in [3.8, 4) is 0 Å². The molecule has 1 aliphatic carbocycles. The summed E-state index contributed by atoms with van der Waals surface area (Å²) in [4.78, 5) is 10.3. The Morgan fingerprint density at radius 2 is 2.36 bits per heavy atom. The zero-order valence-electron chi connectivity index (χ0n) is 6.67. The summed E-state index contributed by atoms with van der Waals surface area (Å²) in [5.41, 5.74) is 4.95. The third-order valence-electron chi connectivity index (χ3n) is 1.99. The lowest BCUT2D eigenvalue weighted by atomic mass is 9.89. The Labute approximate surface area is 66.1 Å². The number of carbonyl (C=O) groups excluding carboxylic acids is 1. The molecule has 0 atom stereocenters. The largest absolute Gasteiger partial charge is 0.381 e. The predicted molar refractivity (Wildman–Crippen MR) is 41.0 cm³/mol. The van der Waals surface area contributed by atoms with Gasteiger partial charge in [-0.05, 0) is 12.8 Å². The van der Waals surface area contributed by atoms with Gasteiger partial charge in [0, 0.05) is 13.2 Å². The van der Waals surface area contributed by atoms with Crippen LogP contribution in [0.15, 0.2) is 0 Å². The topological polar surface area (TPSA) is 64.3 Å². The Kier molecular flexibility index (Phi) is 2.84. The Balaban J connectivity index is 2.00. The van der Waals surface area contributed by atoms with Crippen LogP contribution in [0.25, 0.3) is 0 Å². The Hall–Kier alpha value is -0.610. The van der Waals surface area contributed by atoms with Crippen LogP contribution in [0.2, 0.25) is 0 Å². The molecule has 1 amide bonds. The molecular formula is C7H14N2O2. The molecule has 64 valence electrons. The SMILES string of the molecule is COC1CC(NCC(N)=O)C1. The second-order valence-electron chi connectivity index (χ2n) is 2.87. The van der Waals surface area contributed by atoms with Gasteiger partial charge in [-0.25, -0.2) is 0 Å². The van der Waals surface area contributed by atoms with Gasteiger partial charge in [0.25, 0.3) is 0 Å². The molecule has 0 radical (unpaired) electrons. The van der Waals surface area contributed by atoms with E-state index in [0.29, 0.717) is 12.1 Å². The van der Waals surface area contributed by atoms with Gasteiger partial charge in [0.1, 0.15) is 0 Å². The molecule has 0 unspecified atom stereocenters. The van der Waals surface area contributed by atoms with E-state index in [4.69, 9.17) is 10.5 Å². The highest BCUT2D eigenvalue weighted by Gasteiger charge is 2.28. The molecule has 0 heterocycles. The number of nitrogens with two attached hydrogens (primary N) is 1. The van der Waals surface area contributed by atoms with Crippen molar-refractivity contribution in [3.63, 3.8) is 0 Å². The molecule has 0 aromatic rings. The maximum Gasteiger partial charge on any atom is 0.231 e. The van der Waals surface area contributed by atoms with E-state index in [1.54, 1.807) is 7.11 Å². The van der Waals surface area contributed by atoms with Crippen molar-refractivity contribution in [3.05, 3.63) is 0 Å². The molecule has 4 heteroatoms. The van der Waals surface area contributed by atoms with Crippen molar-refractivity contribution in [1.29, 1.82) is 0 Å². The van der Waals surface area contributed by atoms with Gasteiger partial charge in [-0.15, -0.1) is 0 Å². The van der Waals surface area contributed by atoms with E-state index in [1.165, 1.54) is 0 Å². The minimum Gasteiger partial charge on any atom is -0.381 e. The number of hydrogen-bond donors (Lipinski definition) is 2. The van der Waals surface area contributed by atoms with Crippen LogP contribution >= 0.6 is 0 Å². The summed E-state index contributed by atoms with van der Waals surface area (Å²) in [6.07, 6.45) is 2.36. The molecule has 0 bridgehead atoms. The van der Waals surface area contributed by atoms with E-state index in [9.17, 15) is 4.79 Å². The zero-order valence-corrected chi connectivity index (χ0v) is 6.67. The van der Waals surface area contributed by atoms with E-state index >= 15 is 0 Å². The minimum absolute atomic E-state index is 0.279. The van der Waals surface area contributed by atoms with Gasteiger partial charge in [-0.3, -0.25) is 4.79 Å². The number of ether oxygens (including phenoxy) is 1. The summed E-state index contributed by atoms with van der Waals surface area (Å²) in [6.45, 7) is 0.279. The third kappa shape index (κ3) is 2.48. The molecule has 1 saturated carbocycles. The molecule has 0 aromatic heterocycles. The smallest absolute Gasteiger partial charge is 0.231 e. The van der Waals surface area contributed by atoms with Crippen molar-refractivity contribution in [1.82, 2.24) is 5.32 Å². The number of nitrogens with one attached hydrogen (secondary N) is 1. The van der Waals surface area contributed by atoms with Gasteiger partial charge in [0.2, 0.25) is 5.91 Å². The number of carbonyl (C=O) groups is 1. The fourth-order valence-corrected chi connectivity index (χ4v) is 1.17. The van der Waals surface area contributed by atoms with Crippen LogP contribution in [0.3, 0.4) is 0 Å². The first-order valence-electron chi connectivity index (χ1n) is 3.77. The van der Waals surface area contributed by atoms with Gasteiger partial charge in [0.15, 0.2) is 0 Å². The summed E-state index contributed by atoms with van der Waals surface area (Å²) in [5, 5.41) is 3.03. The fraction of sp³-hybridized carbons (Fsp3) is 0.857. The molecule has 0 aliphatic heterocycles. The molecular weight excluding hydrogens is 144 g/mol. The van der Waals surface area contributed by atoms with Gasteiger partial charge >= 0.3 is 0 Å². The van der Waals surface area contributed by atoms with Crippen molar-refractivity contribution in [2.75, 3.05) is 13.7 Å². The highest BCUT2D eigenvalue weighted by molar-refractivity contribution is 5.75. The van der Waals surface area contributed by atoms with Crippen LogP contribution in [0.5, 0.6) is 0 Å². The first kappa shape index (κ1) is 8.49. The van der Waals surface area contributed by atoms with Gasteiger partial charge < -0.3 is 15.8 Å². The summed E-state index contributed by atoms with van der Waals surface area (Å²) >= 11 is 0. The minimum atomic E-state index is -0.300. The molecule has 0 saturated heterocycles. The lowest BCUT2D eigenvalue weighted by molar-refractivity contribution is -0.117. The predicted octanol–water partition coefficient (Wildman–Crippen LogP) is -0.761. The highest BCUT2D eigenvalue weighted by atomic mass is 16.5. The van der Waals surface area contributed by atoms with E-state index in [0.717, 1.165) is 12.8 Å². The first-order chi connectivity index (χ1) is 5.22. The highest BCUT2D eigenvalue weighted by Crippen LogP contribution is 2.21. The number of rotatable bonds is 4. The van der Waals surface area contributed by atoms with Crippen molar-refractivity contribution in [2.45, 2.75) is 25.0 Å². The summed E-state index contributed by atoms with van der Waals surface area (Å²) < 4.78 is 5.07. The molecule has 1 aliphatic rings. The lowest BCUT2D eigenvalue weighted by Crippen LogP contribution is -2.47. The maximum absolute atomic E-state index is 10.3. The maximum atomic E-state index is 10.3. The monoisotopic (exact) mass is 158 g/mol. The lowest BCUT2D eigenvalue weighted by Gasteiger charge is -2.34. The van der Waals surface area contributed by atoms with Crippen molar-refractivity contribution in [2.24, 2.45) is 5.73 Å². The Morgan fingerprint density at radius 3 is 2.82 bits per heavy atom. The number of amides is 1. The normalized spacial score (nSPS) is 29.5. The number of hydrogen-bond acceptors (Lipinski definition) is 3. The number of methoxy groups -OCH3 is 1. The van der Waals surface area contributed by atoms with Crippen LogP contribution in [0.4, 0.5) is 0 Å². The molecule has 3 N–H and O–H groups in total. The second-order valence-corrected chi connectivity index (χ2v) is 2.87. The van der Waals surface area contributed by atoms with Crippen molar-refractivity contribution >= 4 is 5.91 Å². The summed E-state index contributed by atoms with van der Waals surface area (Å²) in [5.74, 6) is -0.300. The molecule has 1 rings (SSSR count). The molecule has 0 aromatic carbocycles. The van der Waals surface area contributed by atoms with E-state index in [-0.39, 0.29) is 12.5 Å². The zero-order chi connectivity index (χ0) is 8.27. The second kappa shape index (κ2) is 3.69. The average Bonchev–Trinajstić information content (AvgIpc) is 1.84. The quantitative estimate of drug-likeness (QED) is 0.565. The van der Waals surface area contributed by atoms with E-state index in [1.807, 2.05) is 0 Å². The van der Waals surface area contributed by atoms with Crippen molar-refractivity contribution < 1.29 is 9.53 Å². The summed E-state index contributed by atoms with van der Waals surface area (Å²) in [7, 11) is 1.70. The van der Waals surface area contributed by atoms with E-state index < -0.39 is 0 Å². The molecule has 0 spiro atoms. The van der Waals surface area contributed by atoms with Gasteiger partial charge in [0.05, 0.1) is 12.6 Å². The number of primary amides is 1. The fourth-order valence-electron chi connectivity index (χ4n) is 1.17. The van der Waals surface area contributed by atoms with Gasteiger partial charge in [-0.2, -0.15) is 0 Å². The Bertz CT molecular complexity index is 143. The average molecular weight is 158 g/mol. The van der Waals surface area contributed by atoms with Gasteiger partial charge in [-0.1, -0.05) is 0 Å². The van der Waals surface area contributed by atoms with Crippen LogP contribution in [0.1, 0.15) is 12.8 Å².